The second-order valence-corrected chi connectivity index (χ2v) is 3.14. The molecule has 0 saturated carbocycles. The summed E-state index contributed by atoms with van der Waals surface area (Å²) in [5.41, 5.74) is 6.35. The summed E-state index contributed by atoms with van der Waals surface area (Å²) in [6.07, 6.45) is 0. The number of benzene rings is 1. The van der Waals surface area contributed by atoms with Gasteiger partial charge in [0, 0.05) is 12.2 Å². The second-order valence-electron chi connectivity index (χ2n) is 3.14. The van der Waals surface area contributed by atoms with Crippen molar-refractivity contribution in [3.8, 4) is 6.07 Å². The van der Waals surface area contributed by atoms with Crippen LogP contribution in [0.25, 0.3) is 0 Å². The minimum Gasteiger partial charge on any atom is -0.383 e. The van der Waals surface area contributed by atoms with Crippen molar-refractivity contribution in [2.24, 2.45) is 5.73 Å². The number of ether oxygens (including phenoxy) is 1. The van der Waals surface area contributed by atoms with Crippen LogP contribution in [-0.2, 0) is 9.53 Å². The lowest BCUT2D eigenvalue weighted by Gasteiger charge is -2.06. The van der Waals surface area contributed by atoms with Crippen molar-refractivity contribution in [2.45, 2.75) is 0 Å². The topological polar surface area (TPSA) is 88.1 Å². The molecule has 3 N–H and O–H groups in total. The van der Waals surface area contributed by atoms with Crippen molar-refractivity contribution in [3.05, 3.63) is 29.8 Å². The average Bonchev–Trinajstić information content (AvgIpc) is 2.28. The predicted octanol–water partition coefficient (Wildman–Crippen LogP) is 0.472. The zero-order valence-corrected chi connectivity index (χ0v) is 8.77. The minimum absolute atomic E-state index is 0.0695. The molecule has 0 unspecified atom stereocenters. The Kier molecular flexibility index (Phi) is 4.83. The number of hydrogen-bond acceptors (Lipinski definition) is 4. The maximum Gasteiger partial charge on any atom is 0.243 e. The molecule has 0 bridgehead atoms. The number of nitrogens with zero attached hydrogens (tertiary/aromatic N) is 1. The number of nitrogens with two attached hydrogens (primary N) is 1. The van der Waals surface area contributed by atoms with Gasteiger partial charge in [0.2, 0.25) is 5.91 Å². The number of rotatable bonds is 6. The first-order chi connectivity index (χ1) is 7.72. The van der Waals surface area contributed by atoms with Gasteiger partial charge in [-0.25, -0.2) is 0 Å². The SMILES string of the molecule is N#Cc1cccc(NCCOCC(N)=O)c1. The maximum absolute atomic E-state index is 10.4. The van der Waals surface area contributed by atoms with Gasteiger partial charge in [-0.1, -0.05) is 6.07 Å². The van der Waals surface area contributed by atoms with Crippen molar-refractivity contribution in [1.29, 1.82) is 5.26 Å². The van der Waals surface area contributed by atoms with Gasteiger partial charge < -0.3 is 15.8 Å². The van der Waals surface area contributed by atoms with E-state index in [9.17, 15) is 4.79 Å². The number of hydrogen-bond donors (Lipinski definition) is 2. The van der Waals surface area contributed by atoms with E-state index in [2.05, 4.69) is 11.4 Å². The fraction of sp³-hybridized carbons (Fsp3) is 0.273. The third kappa shape index (κ3) is 4.44. The van der Waals surface area contributed by atoms with E-state index in [1.54, 1.807) is 18.2 Å². The van der Waals surface area contributed by atoms with Gasteiger partial charge in [-0.2, -0.15) is 5.26 Å². The normalized spacial score (nSPS) is 9.44. The highest BCUT2D eigenvalue weighted by atomic mass is 16.5. The van der Waals surface area contributed by atoms with Gasteiger partial charge in [-0.3, -0.25) is 4.79 Å². The van der Waals surface area contributed by atoms with Crippen molar-refractivity contribution < 1.29 is 9.53 Å². The number of primary amides is 1. The van der Waals surface area contributed by atoms with Gasteiger partial charge in [-0.05, 0) is 18.2 Å². The van der Waals surface area contributed by atoms with Crippen molar-refractivity contribution in [2.75, 3.05) is 25.1 Å². The Bertz CT molecular complexity index is 398. The van der Waals surface area contributed by atoms with Gasteiger partial charge in [0.05, 0.1) is 18.2 Å². The van der Waals surface area contributed by atoms with Crippen LogP contribution in [0.3, 0.4) is 0 Å². The first kappa shape index (κ1) is 12.0. The number of carbonyl (C=O) groups excluding carboxylic acids is 1. The highest BCUT2D eigenvalue weighted by Crippen LogP contribution is 2.08. The van der Waals surface area contributed by atoms with Gasteiger partial charge in [0.1, 0.15) is 6.61 Å². The fourth-order valence-corrected chi connectivity index (χ4v) is 1.14. The lowest BCUT2D eigenvalue weighted by Crippen LogP contribution is -2.20. The highest BCUT2D eigenvalue weighted by molar-refractivity contribution is 5.74. The molecule has 1 aromatic rings. The Balaban J connectivity index is 2.27. The second kappa shape index (κ2) is 6.43. The Morgan fingerprint density at radius 1 is 1.56 bits per heavy atom. The molecule has 0 atom stereocenters. The van der Waals surface area contributed by atoms with Crippen LogP contribution in [0.1, 0.15) is 5.56 Å². The van der Waals surface area contributed by atoms with E-state index < -0.39 is 5.91 Å². The number of amides is 1. The molecule has 0 aromatic heterocycles. The van der Waals surface area contributed by atoms with Crippen LogP contribution in [0.15, 0.2) is 24.3 Å². The molecule has 0 fully saturated rings. The minimum atomic E-state index is -0.480. The predicted molar refractivity (Wildman–Crippen MR) is 59.7 cm³/mol. The molecule has 1 amide bonds. The Morgan fingerprint density at radius 3 is 3.06 bits per heavy atom. The average molecular weight is 219 g/mol. The monoisotopic (exact) mass is 219 g/mol. The van der Waals surface area contributed by atoms with Gasteiger partial charge >= 0.3 is 0 Å². The van der Waals surface area contributed by atoms with E-state index in [1.807, 2.05) is 6.07 Å². The van der Waals surface area contributed by atoms with Gasteiger partial charge in [-0.15, -0.1) is 0 Å². The van der Waals surface area contributed by atoms with Crippen molar-refractivity contribution >= 4 is 11.6 Å². The summed E-state index contributed by atoms with van der Waals surface area (Å²) >= 11 is 0. The van der Waals surface area contributed by atoms with Crippen LogP contribution in [0.2, 0.25) is 0 Å². The van der Waals surface area contributed by atoms with E-state index in [0.717, 1.165) is 5.69 Å². The third-order valence-electron chi connectivity index (χ3n) is 1.81. The molecule has 0 radical (unpaired) electrons. The fourth-order valence-electron chi connectivity index (χ4n) is 1.14. The Hall–Kier alpha value is -2.06. The molecule has 0 aliphatic heterocycles. The Labute approximate surface area is 93.8 Å². The molecule has 0 spiro atoms. The summed E-state index contributed by atoms with van der Waals surface area (Å²) in [5, 5.41) is 11.7. The molecule has 0 saturated heterocycles. The molecule has 0 aliphatic rings. The summed E-state index contributed by atoms with van der Waals surface area (Å²) in [6.45, 7) is 0.877. The first-order valence-corrected chi connectivity index (χ1v) is 4.82. The Morgan fingerprint density at radius 2 is 2.38 bits per heavy atom. The zero-order chi connectivity index (χ0) is 11.8. The zero-order valence-electron chi connectivity index (χ0n) is 8.77. The van der Waals surface area contributed by atoms with Crippen LogP contribution in [0, 0.1) is 11.3 Å². The molecule has 5 heteroatoms. The maximum atomic E-state index is 10.4. The summed E-state index contributed by atoms with van der Waals surface area (Å²) in [6, 6.07) is 9.18. The third-order valence-corrected chi connectivity index (χ3v) is 1.81. The lowest BCUT2D eigenvalue weighted by atomic mass is 10.2. The molecule has 0 heterocycles. The number of nitrogens with one attached hydrogen (secondary N) is 1. The summed E-state index contributed by atoms with van der Waals surface area (Å²) in [4.78, 5) is 10.4. The van der Waals surface area contributed by atoms with E-state index in [4.69, 9.17) is 15.7 Å². The van der Waals surface area contributed by atoms with E-state index >= 15 is 0 Å². The standard InChI is InChI=1S/C11H13N3O2/c12-7-9-2-1-3-10(6-9)14-4-5-16-8-11(13)15/h1-3,6,14H,4-5,8H2,(H2,13,15). The van der Waals surface area contributed by atoms with Crippen molar-refractivity contribution in [3.63, 3.8) is 0 Å². The molecule has 84 valence electrons. The van der Waals surface area contributed by atoms with Gasteiger partial charge in [0.15, 0.2) is 0 Å². The van der Waals surface area contributed by atoms with Crippen LogP contribution < -0.4 is 11.1 Å². The molecule has 1 aromatic carbocycles. The lowest BCUT2D eigenvalue weighted by molar-refractivity contribution is -0.122. The first-order valence-electron chi connectivity index (χ1n) is 4.82. The number of nitriles is 1. The van der Waals surface area contributed by atoms with Crippen LogP contribution in [0.5, 0.6) is 0 Å². The molecular formula is C11H13N3O2. The molecule has 1 rings (SSSR count). The quantitative estimate of drug-likeness (QED) is 0.681. The number of anilines is 1. The van der Waals surface area contributed by atoms with Crippen LogP contribution in [0.4, 0.5) is 5.69 Å². The van der Waals surface area contributed by atoms with Crippen LogP contribution in [-0.4, -0.2) is 25.7 Å². The summed E-state index contributed by atoms with van der Waals surface area (Å²) < 4.78 is 4.97. The van der Waals surface area contributed by atoms with Crippen molar-refractivity contribution in [1.82, 2.24) is 0 Å². The van der Waals surface area contributed by atoms with Gasteiger partial charge in [0.25, 0.3) is 0 Å². The highest BCUT2D eigenvalue weighted by Gasteiger charge is 1.95. The van der Waals surface area contributed by atoms with E-state index in [0.29, 0.717) is 18.7 Å². The van der Waals surface area contributed by atoms with Crippen LogP contribution >= 0.6 is 0 Å². The smallest absolute Gasteiger partial charge is 0.243 e. The van der Waals surface area contributed by atoms with E-state index in [-0.39, 0.29) is 6.61 Å². The molecule has 16 heavy (non-hydrogen) atoms. The van der Waals surface area contributed by atoms with E-state index in [1.165, 1.54) is 0 Å². The number of carbonyl (C=O) groups is 1. The summed E-state index contributed by atoms with van der Waals surface area (Å²) in [7, 11) is 0. The largest absolute Gasteiger partial charge is 0.383 e. The molecule has 0 aliphatic carbocycles. The molecular weight excluding hydrogens is 206 g/mol. The molecule has 5 nitrogen and oxygen atoms in total. The summed E-state index contributed by atoms with van der Waals surface area (Å²) in [5.74, 6) is -0.480.